The molecule has 9 nitrogen and oxygen atoms in total. The second-order valence-electron chi connectivity index (χ2n) is 3.45. The van der Waals surface area contributed by atoms with E-state index in [4.69, 9.17) is 0 Å². The number of aromatic amines is 2. The molecule has 3 N–H and O–H groups in total. The van der Waals surface area contributed by atoms with Gasteiger partial charge in [-0.1, -0.05) is 11.8 Å². The Kier molecular flexibility index (Phi) is 3.06. The summed E-state index contributed by atoms with van der Waals surface area (Å²) in [7, 11) is 0. The summed E-state index contributed by atoms with van der Waals surface area (Å²) in [6.45, 7) is 0. The van der Waals surface area contributed by atoms with Gasteiger partial charge in [-0.25, -0.2) is 20.1 Å². The monoisotopic (exact) mass is 276 g/mol. The van der Waals surface area contributed by atoms with Crippen molar-refractivity contribution in [2.75, 3.05) is 11.1 Å². The molecule has 0 fully saturated rings. The normalized spacial score (nSPS) is 10.7. The third-order valence-corrected chi connectivity index (χ3v) is 3.19. The van der Waals surface area contributed by atoms with E-state index in [-0.39, 0.29) is 11.7 Å². The van der Waals surface area contributed by atoms with Crippen molar-refractivity contribution in [2.45, 2.75) is 5.03 Å². The van der Waals surface area contributed by atoms with Crippen LogP contribution in [0.4, 0.5) is 5.95 Å². The first-order valence-corrected chi connectivity index (χ1v) is 6.23. The van der Waals surface area contributed by atoms with Gasteiger partial charge in [0.05, 0.1) is 12.1 Å². The number of carbonyl (C=O) groups excluding carboxylic acids is 1. The molecule has 19 heavy (non-hydrogen) atoms. The molecule has 96 valence electrons. The van der Waals surface area contributed by atoms with Gasteiger partial charge in [0.15, 0.2) is 5.65 Å². The molecule has 0 unspecified atom stereocenters. The number of carbonyl (C=O) groups is 1. The molecule has 0 aliphatic carbocycles. The van der Waals surface area contributed by atoms with E-state index in [1.54, 1.807) is 0 Å². The molecule has 1 amide bonds. The average Bonchev–Trinajstić information content (AvgIpc) is 3.06. The van der Waals surface area contributed by atoms with Gasteiger partial charge in [0.25, 0.3) is 0 Å². The lowest BCUT2D eigenvalue weighted by Crippen LogP contribution is -2.15. The lowest BCUT2D eigenvalue weighted by atomic mass is 10.6. The first kappa shape index (κ1) is 11.6. The Labute approximate surface area is 110 Å². The molecule has 10 heteroatoms. The first-order chi connectivity index (χ1) is 9.33. The maximum absolute atomic E-state index is 11.7. The van der Waals surface area contributed by atoms with Crippen molar-refractivity contribution in [1.82, 2.24) is 35.1 Å². The van der Waals surface area contributed by atoms with Crippen LogP contribution >= 0.6 is 11.8 Å². The third kappa shape index (κ3) is 2.52. The lowest BCUT2D eigenvalue weighted by Gasteiger charge is -2.01. The van der Waals surface area contributed by atoms with Gasteiger partial charge in [-0.05, 0) is 0 Å². The van der Waals surface area contributed by atoms with Crippen LogP contribution < -0.4 is 5.32 Å². The summed E-state index contributed by atoms with van der Waals surface area (Å²) in [5, 5.41) is 9.44. The van der Waals surface area contributed by atoms with E-state index in [0.29, 0.717) is 16.6 Å². The highest BCUT2D eigenvalue weighted by atomic mass is 32.2. The topological polar surface area (TPSA) is 125 Å². The first-order valence-electron chi connectivity index (χ1n) is 5.25. The number of nitrogens with one attached hydrogen (secondary N) is 3. The molecule has 3 aromatic heterocycles. The fraction of sp³-hybridized carbons (Fsp3) is 0.111. The highest BCUT2D eigenvalue weighted by Gasteiger charge is 2.10. The molecule has 0 saturated heterocycles. The van der Waals surface area contributed by atoms with E-state index < -0.39 is 0 Å². The smallest absolute Gasteiger partial charge is 0.237 e. The summed E-state index contributed by atoms with van der Waals surface area (Å²) < 4.78 is 0. The lowest BCUT2D eigenvalue weighted by molar-refractivity contribution is -0.113. The summed E-state index contributed by atoms with van der Waals surface area (Å²) >= 11 is 1.29. The standard InChI is InChI=1S/C9H8N8OS/c18-5(16-9-14-4-15-17-9)1-19-8-6-7(11-2-10-6)12-3-13-8/h2-4H,1H2,(H,10,11,12,13)(H2,14,15,16,17,18). The molecule has 0 aromatic carbocycles. The number of hydrogen-bond acceptors (Lipinski definition) is 7. The molecule has 3 rings (SSSR count). The number of fused-ring (bicyclic) bond motifs is 1. The molecule has 3 heterocycles. The van der Waals surface area contributed by atoms with Crippen molar-refractivity contribution in [1.29, 1.82) is 0 Å². The van der Waals surface area contributed by atoms with E-state index in [0.717, 1.165) is 5.52 Å². The predicted molar refractivity (Wildman–Crippen MR) is 67.4 cm³/mol. The van der Waals surface area contributed by atoms with Gasteiger partial charge in [0.1, 0.15) is 23.2 Å². The maximum Gasteiger partial charge on any atom is 0.237 e. The van der Waals surface area contributed by atoms with Gasteiger partial charge < -0.3 is 4.98 Å². The Balaban J connectivity index is 1.66. The van der Waals surface area contributed by atoms with Gasteiger partial charge >= 0.3 is 0 Å². The zero-order valence-corrected chi connectivity index (χ0v) is 10.3. The molecule has 0 aliphatic rings. The third-order valence-electron chi connectivity index (χ3n) is 2.20. The summed E-state index contributed by atoms with van der Waals surface area (Å²) in [5.41, 5.74) is 1.30. The van der Waals surface area contributed by atoms with Crippen LogP contribution in [0.5, 0.6) is 0 Å². The maximum atomic E-state index is 11.7. The predicted octanol–water partition coefficient (Wildman–Crippen LogP) is 0.202. The zero-order valence-electron chi connectivity index (χ0n) is 9.49. The molecule has 0 spiro atoms. The highest BCUT2D eigenvalue weighted by molar-refractivity contribution is 8.00. The summed E-state index contributed by atoms with van der Waals surface area (Å²) in [4.78, 5) is 30.5. The highest BCUT2D eigenvalue weighted by Crippen LogP contribution is 2.21. The van der Waals surface area contributed by atoms with E-state index in [1.807, 2.05) is 0 Å². The van der Waals surface area contributed by atoms with Crippen LogP contribution in [-0.4, -0.2) is 46.8 Å². The van der Waals surface area contributed by atoms with Crippen LogP contribution in [0.2, 0.25) is 0 Å². The van der Waals surface area contributed by atoms with Crippen molar-refractivity contribution in [3.8, 4) is 0 Å². The Morgan fingerprint density at radius 2 is 2.21 bits per heavy atom. The number of nitrogens with zero attached hydrogens (tertiary/aromatic N) is 5. The minimum Gasteiger partial charge on any atom is -0.341 e. The van der Waals surface area contributed by atoms with E-state index in [2.05, 4.69) is 40.4 Å². The van der Waals surface area contributed by atoms with Crippen molar-refractivity contribution >= 4 is 34.8 Å². The largest absolute Gasteiger partial charge is 0.341 e. The van der Waals surface area contributed by atoms with E-state index in [9.17, 15) is 4.79 Å². The number of anilines is 1. The molecule has 0 saturated carbocycles. The van der Waals surface area contributed by atoms with Gasteiger partial charge in [-0.15, -0.1) is 0 Å². The van der Waals surface area contributed by atoms with Gasteiger partial charge in [0, 0.05) is 0 Å². The van der Waals surface area contributed by atoms with E-state index >= 15 is 0 Å². The number of amides is 1. The SMILES string of the molecule is O=C(CSc1ncnc2nc[nH]c12)Nc1ncn[nH]1. The van der Waals surface area contributed by atoms with Gasteiger partial charge in [-0.2, -0.15) is 10.1 Å². The van der Waals surface area contributed by atoms with Crippen LogP contribution in [-0.2, 0) is 4.79 Å². The fourth-order valence-corrected chi connectivity index (χ4v) is 2.18. The molecular formula is C9H8N8OS. The minimum absolute atomic E-state index is 0.200. The molecule has 0 bridgehead atoms. The number of thioether (sulfide) groups is 1. The van der Waals surface area contributed by atoms with Crippen molar-refractivity contribution < 1.29 is 4.79 Å². The Morgan fingerprint density at radius 1 is 1.26 bits per heavy atom. The molecule has 3 aromatic rings. The molecule has 0 radical (unpaired) electrons. The quantitative estimate of drug-likeness (QED) is 0.459. The minimum atomic E-state index is -0.201. The molecular weight excluding hydrogens is 268 g/mol. The van der Waals surface area contributed by atoms with Gasteiger partial charge in [0.2, 0.25) is 11.9 Å². The van der Waals surface area contributed by atoms with Crippen molar-refractivity contribution in [3.63, 3.8) is 0 Å². The molecule has 0 atom stereocenters. The Bertz CT molecular complexity index is 693. The number of rotatable bonds is 4. The summed E-state index contributed by atoms with van der Waals surface area (Å²) in [6.07, 6.45) is 4.28. The zero-order chi connectivity index (χ0) is 13.1. The fourth-order valence-electron chi connectivity index (χ4n) is 1.42. The van der Waals surface area contributed by atoms with Crippen molar-refractivity contribution in [2.24, 2.45) is 0 Å². The Hall–Kier alpha value is -2.49. The number of aromatic nitrogens is 7. The molecule has 0 aliphatic heterocycles. The number of H-pyrrole nitrogens is 2. The average molecular weight is 276 g/mol. The van der Waals surface area contributed by atoms with Crippen LogP contribution in [0.15, 0.2) is 24.0 Å². The second kappa shape index (κ2) is 5.02. The van der Waals surface area contributed by atoms with E-state index in [1.165, 1.54) is 30.7 Å². The number of imidazole rings is 1. The van der Waals surface area contributed by atoms with Crippen LogP contribution in [0.25, 0.3) is 11.2 Å². The summed E-state index contributed by atoms with van der Waals surface area (Å²) in [5.74, 6) is 0.319. The summed E-state index contributed by atoms with van der Waals surface area (Å²) in [6, 6.07) is 0. The van der Waals surface area contributed by atoms with Crippen LogP contribution in [0.1, 0.15) is 0 Å². The van der Waals surface area contributed by atoms with Crippen LogP contribution in [0.3, 0.4) is 0 Å². The van der Waals surface area contributed by atoms with Crippen molar-refractivity contribution in [3.05, 3.63) is 19.0 Å². The second-order valence-corrected chi connectivity index (χ2v) is 4.41. The Morgan fingerprint density at radius 3 is 3.05 bits per heavy atom. The number of hydrogen-bond donors (Lipinski definition) is 3. The van der Waals surface area contributed by atoms with Gasteiger partial charge in [-0.3, -0.25) is 10.1 Å². The van der Waals surface area contributed by atoms with Crippen LogP contribution in [0, 0.1) is 0 Å².